The number of fused-ring (bicyclic) bond motifs is 1. The van der Waals surface area contributed by atoms with Crippen molar-refractivity contribution >= 4 is 57.6 Å². The molecule has 2 aliphatic heterocycles. The Hall–Kier alpha value is -1.83. The molecule has 25 heavy (non-hydrogen) atoms. The van der Waals surface area contributed by atoms with E-state index in [0.717, 1.165) is 16.1 Å². The van der Waals surface area contributed by atoms with Crippen molar-refractivity contribution in [1.82, 2.24) is 4.90 Å². The summed E-state index contributed by atoms with van der Waals surface area (Å²) in [4.78, 5) is 28.0. The average Bonchev–Trinajstić information content (AvgIpc) is 2.90. The van der Waals surface area contributed by atoms with Crippen LogP contribution in [0.3, 0.4) is 0 Å². The van der Waals surface area contributed by atoms with Gasteiger partial charge in [-0.25, -0.2) is 0 Å². The standard InChI is InChI=1S/C18H14N2O2S3/c21-16-14(24-13-9-5-4-8-12(13)19-16)15-17(22)20(18(23)25-15)10-11-6-2-1-3-7-11/h1-9,14-15H,10H2,(H,19,21)/t14-,15-/m0/s1. The number of benzene rings is 2. The van der Waals surface area contributed by atoms with Crippen molar-refractivity contribution in [3.63, 3.8) is 0 Å². The lowest BCUT2D eigenvalue weighted by Crippen LogP contribution is -2.42. The van der Waals surface area contributed by atoms with Gasteiger partial charge in [-0.1, -0.05) is 66.4 Å². The highest BCUT2D eigenvalue weighted by Crippen LogP contribution is 2.43. The molecule has 0 aliphatic carbocycles. The Morgan fingerprint density at radius 3 is 2.48 bits per heavy atom. The van der Waals surface area contributed by atoms with E-state index >= 15 is 0 Å². The number of hydrogen-bond acceptors (Lipinski definition) is 5. The third-order valence-corrected chi connectivity index (χ3v) is 7.25. The van der Waals surface area contributed by atoms with Gasteiger partial charge in [0.05, 0.1) is 12.2 Å². The van der Waals surface area contributed by atoms with Crippen molar-refractivity contribution in [2.75, 3.05) is 5.32 Å². The summed E-state index contributed by atoms with van der Waals surface area (Å²) in [6.45, 7) is 0.442. The van der Waals surface area contributed by atoms with Crippen LogP contribution in [0.5, 0.6) is 0 Å². The zero-order valence-electron chi connectivity index (χ0n) is 13.0. The maximum absolute atomic E-state index is 12.9. The zero-order chi connectivity index (χ0) is 17.4. The lowest BCUT2D eigenvalue weighted by molar-refractivity contribution is -0.128. The van der Waals surface area contributed by atoms with Gasteiger partial charge in [0.1, 0.15) is 14.8 Å². The van der Waals surface area contributed by atoms with E-state index in [-0.39, 0.29) is 11.8 Å². The first kappa shape index (κ1) is 16.6. The Bertz CT molecular complexity index is 856. The molecule has 7 heteroatoms. The topological polar surface area (TPSA) is 49.4 Å². The van der Waals surface area contributed by atoms with E-state index in [1.807, 2.05) is 54.6 Å². The molecule has 2 aliphatic rings. The Balaban J connectivity index is 1.55. The highest BCUT2D eigenvalue weighted by Gasteiger charge is 2.46. The van der Waals surface area contributed by atoms with Crippen molar-refractivity contribution < 1.29 is 9.59 Å². The molecule has 1 N–H and O–H groups in total. The van der Waals surface area contributed by atoms with Crippen LogP contribution in [0.15, 0.2) is 59.5 Å². The molecular formula is C18H14N2O2S3. The van der Waals surface area contributed by atoms with Crippen LogP contribution in [0, 0.1) is 0 Å². The van der Waals surface area contributed by atoms with Gasteiger partial charge in [-0.3, -0.25) is 14.5 Å². The minimum atomic E-state index is -0.491. The number of carbonyl (C=O) groups excluding carboxylic acids is 2. The smallest absolute Gasteiger partial charge is 0.243 e. The lowest BCUT2D eigenvalue weighted by atomic mass is 10.2. The number of hydrogen-bond donors (Lipinski definition) is 1. The van der Waals surface area contributed by atoms with Crippen LogP contribution in [0.25, 0.3) is 0 Å². The number of carbonyl (C=O) groups is 2. The van der Waals surface area contributed by atoms with Crippen molar-refractivity contribution in [2.45, 2.75) is 21.9 Å². The third-order valence-electron chi connectivity index (χ3n) is 4.07. The van der Waals surface area contributed by atoms with Gasteiger partial charge in [-0.05, 0) is 17.7 Å². The van der Waals surface area contributed by atoms with Gasteiger partial charge < -0.3 is 5.32 Å². The van der Waals surface area contributed by atoms with Crippen LogP contribution >= 0.6 is 35.7 Å². The number of thiocarbonyl (C=S) groups is 1. The fourth-order valence-corrected chi connectivity index (χ4v) is 5.69. The fourth-order valence-electron chi connectivity index (χ4n) is 2.83. The molecule has 126 valence electrons. The van der Waals surface area contributed by atoms with Crippen LogP contribution in [-0.2, 0) is 16.1 Å². The summed E-state index contributed by atoms with van der Waals surface area (Å²) in [6.07, 6.45) is 0. The number of para-hydroxylation sites is 1. The van der Waals surface area contributed by atoms with Gasteiger partial charge in [0.15, 0.2) is 0 Å². The van der Waals surface area contributed by atoms with E-state index in [1.165, 1.54) is 23.5 Å². The first-order chi connectivity index (χ1) is 12.1. The van der Waals surface area contributed by atoms with Crippen molar-refractivity contribution in [3.8, 4) is 0 Å². The van der Waals surface area contributed by atoms with E-state index in [0.29, 0.717) is 10.9 Å². The van der Waals surface area contributed by atoms with Gasteiger partial charge >= 0.3 is 0 Å². The van der Waals surface area contributed by atoms with Crippen molar-refractivity contribution in [3.05, 3.63) is 60.2 Å². The number of anilines is 1. The monoisotopic (exact) mass is 386 g/mol. The van der Waals surface area contributed by atoms with Crippen LogP contribution in [0.1, 0.15) is 5.56 Å². The predicted molar refractivity (Wildman–Crippen MR) is 106 cm³/mol. The molecule has 4 rings (SSSR count). The Kier molecular flexibility index (Phi) is 4.54. The second kappa shape index (κ2) is 6.82. The fraction of sp³-hybridized carbons (Fsp3) is 0.167. The quantitative estimate of drug-likeness (QED) is 0.818. The van der Waals surface area contributed by atoms with Gasteiger partial charge in [0, 0.05) is 4.90 Å². The minimum absolute atomic E-state index is 0.0918. The van der Waals surface area contributed by atoms with Gasteiger partial charge in [-0.15, -0.1) is 11.8 Å². The Morgan fingerprint density at radius 1 is 0.960 bits per heavy atom. The van der Waals surface area contributed by atoms with Crippen LogP contribution < -0.4 is 5.32 Å². The third kappa shape index (κ3) is 3.19. The van der Waals surface area contributed by atoms with Gasteiger partial charge in [0.25, 0.3) is 0 Å². The number of nitrogens with one attached hydrogen (secondary N) is 1. The molecular weight excluding hydrogens is 372 g/mol. The molecule has 1 fully saturated rings. The summed E-state index contributed by atoms with van der Waals surface area (Å²) in [7, 11) is 0. The first-order valence-corrected chi connectivity index (χ1v) is 9.93. The SMILES string of the molecule is O=C1Nc2ccccc2S[C@H]1[C@@H]1SC(=S)N(Cc2ccccc2)C1=O. The second-order valence-corrected chi connectivity index (χ2v) is 8.70. The van der Waals surface area contributed by atoms with Crippen LogP contribution in [0.2, 0.25) is 0 Å². The van der Waals surface area contributed by atoms with E-state index in [4.69, 9.17) is 12.2 Å². The molecule has 0 spiro atoms. The molecule has 1 saturated heterocycles. The van der Waals surface area contributed by atoms with Crippen molar-refractivity contribution in [1.29, 1.82) is 0 Å². The summed E-state index contributed by atoms with van der Waals surface area (Å²) in [5.41, 5.74) is 1.82. The average molecular weight is 387 g/mol. The maximum atomic E-state index is 12.9. The minimum Gasteiger partial charge on any atom is -0.324 e. The van der Waals surface area contributed by atoms with E-state index in [1.54, 1.807) is 4.90 Å². The summed E-state index contributed by atoms with van der Waals surface area (Å²) < 4.78 is 0.533. The molecule has 2 aromatic carbocycles. The molecule has 0 radical (unpaired) electrons. The molecule has 0 aromatic heterocycles. The lowest BCUT2D eigenvalue weighted by Gasteiger charge is -2.26. The molecule has 2 heterocycles. The van der Waals surface area contributed by atoms with E-state index in [9.17, 15) is 9.59 Å². The Morgan fingerprint density at radius 2 is 1.68 bits per heavy atom. The van der Waals surface area contributed by atoms with E-state index in [2.05, 4.69) is 5.32 Å². The second-order valence-electron chi connectivity index (χ2n) is 5.74. The molecule has 4 nitrogen and oxygen atoms in total. The van der Waals surface area contributed by atoms with Gasteiger partial charge in [-0.2, -0.15) is 0 Å². The number of thioether (sulfide) groups is 2. The van der Waals surface area contributed by atoms with Gasteiger partial charge in [0.2, 0.25) is 11.8 Å². The summed E-state index contributed by atoms with van der Waals surface area (Å²) >= 11 is 8.16. The number of amides is 2. The highest BCUT2D eigenvalue weighted by molar-refractivity contribution is 8.24. The summed E-state index contributed by atoms with van der Waals surface area (Å²) in [5, 5.41) is 1.93. The predicted octanol–water partition coefficient (Wildman–Crippen LogP) is 3.53. The molecule has 2 atom stereocenters. The first-order valence-electron chi connectivity index (χ1n) is 7.76. The number of rotatable bonds is 3. The van der Waals surface area contributed by atoms with E-state index < -0.39 is 10.5 Å². The van der Waals surface area contributed by atoms with Crippen LogP contribution in [-0.4, -0.2) is 31.5 Å². The largest absolute Gasteiger partial charge is 0.324 e. The van der Waals surface area contributed by atoms with Crippen LogP contribution in [0.4, 0.5) is 5.69 Å². The zero-order valence-corrected chi connectivity index (χ0v) is 15.5. The summed E-state index contributed by atoms with van der Waals surface area (Å²) in [6, 6.07) is 17.4. The van der Waals surface area contributed by atoms with Crippen molar-refractivity contribution in [2.24, 2.45) is 0 Å². The highest BCUT2D eigenvalue weighted by atomic mass is 32.2. The maximum Gasteiger partial charge on any atom is 0.243 e. The Labute approximate surface area is 159 Å². The number of nitrogens with zero attached hydrogens (tertiary/aromatic N) is 1. The molecule has 0 saturated carbocycles. The normalized spacial score (nSPS) is 22.7. The molecule has 0 unspecified atom stereocenters. The molecule has 2 amide bonds. The molecule has 2 aromatic rings. The molecule has 0 bridgehead atoms. The summed E-state index contributed by atoms with van der Waals surface area (Å²) in [5.74, 6) is -0.232.